The standard InChI is InChI=1S/C26H12ClF2N3O2S/c27-20-10-18(26(33)32-34)21(29)11-17(20)13-2-1-3-14(8-13)25-24(16-6-7-35-23(16)12-30)19-9-15(28)4-5-22(19)31-25/h1-11,31H. The van der Waals surface area contributed by atoms with Gasteiger partial charge in [-0.05, 0) is 59.0 Å². The van der Waals surface area contributed by atoms with E-state index in [9.17, 15) is 23.7 Å². The van der Waals surface area contributed by atoms with Crippen LogP contribution in [-0.2, 0) is 0 Å². The average Bonchev–Trinajstić information content (AvgIpc) is 3.48. The molecule has 170 valence electrons. The SMILES string of the molecule is N#Cc1sccc1-c1c(-c2cccc(-c3cc(F)c(C(=O)N=O)cc3Cl)c2)[nH]c2ccc(F)cc12. The van der Waals surface area contributed by atoms with E-state index in [1.54, 1.807) is 29.6 Å². The van der Waals surface area contributed by atoms with E-state index in [4.69, 9.17) is 11.6 Å². The van der Waals surface area contributed by atoms with Crippen LogP contribution >= 0.6 is 22.9 Å². The number of nitroso groups, excluding NO2 is 1. The van der Waals surface area contributed by atoms with Gasteiger partial charge in [0.1, 0.15) is 22.6 Å². The lowest BCUT2D eigenvalue weighted by Crippen LogP contribution is -1.99. The Bertz CT molecular complexity index is 1700. The molecule has 1 N–H and O–H groups in total. The Morgan fingerprint density at radius 3 is 2.60 bits per heavy atom. The lowest BCUT2D eigenvalue weighted by Gasteiger charge is -2.10. The van der Waals surface area contributed by atoms with E-state index in [1.807, 2.05) is 12.1 Å². The van der Waals surface area contributed by atoms with Crippen molar-refractivity contribution < 1.29 is 13.6 Å². The second-order valence-electron chi connectivity index (χ2n) is 7.63. The van der Waals surface area contributed by atoms with Crippen LogP contribution in [0.15, 0.2) is 71.2 Å². The molecule has 0 aliphatic heterocycles. The molecule has 5 nitrogen and oxygen atoms in total. The van der Waals surface area contributed by atoms with Crippen LogP contribution in [0.1, 0.15) is 15.2 Å². The molecule has 35 heavy (non-hydrogen) atoms. The summed E-state index contributed by atoms with van der Waals surface area (Å²) in [4.78, 5) is 25.9. The van der Waals surface area contributed by atoms with Crippen LogP contribution in [-0.4, -0.2) is 10.9 Å². The van der Waals surface area contributed by atoms with Crippen molar-refractivity contribution in [3.05, 3.63) is 98.0 Å². The number of nitrogens with zero attached hydrogens (tertiary/aromatic N) is 2. The number of aromatic nitrogens is 1. The van der Waals surface area contributed by atoms with Gasteiger partial charge in [0.25, 0.3) is 0 Å². The molecule has 2 aromatic heterocycles. The van der Waals surface area contributed by atoms with E-state index >= 15 is 0 Å². The van der Waals surface area contributed by atoms with E-state index in [0.29, 0.717) is 49.3 Å². The number of nitriles is 1. The molecular formula is C26H12ClF2N3O2S. The fourth-order valence-electron chi connectivity index (χ4n) is 4.08. The lowest BCUT2D eigenvalue weighted by molar-refractivity contribution is 0.0997. The first-order chi connectivity index (χ1) is 16.9. The third kappa shape index (κ3) is 3.91. The third-order valence-corrected chi connectivity index (χ3v) is 6.76. The highest BCUT2D eigenvalue weighted by atomic mass is 35.5. The molecule has 9 heteroatoms. The zero-order valence-corrected chi connectivity index (χ0v) is 19.2. The monoisotopic (exact) mass is 503 g/mol. The number of amides is 1. The van der Waals surface area contributed by atoms with Gasteiger partial charge < -0.3 is 4.98 Å². The number of thiophene rings is 1. The first-order valence-electron chi connectivity index (χ1n) is 10.2. The Kier molecular flexibility index (Phi) is 5.73. The number of carbonyl (C=O) groups is 1. The fourth-order valence-corrected chi connectivity index (χ4v) is 5.04. The molecule has 0 fully saturated rings. The highest BCUT2D eigenvalue weighted by Gasteiger charge is 2.21. The molecule has 0 aliphatic rings. The first kappa shape index (κ1) is 22.6. The molecule has 0 unspecified atom stereocenters. The maximum absolute atomic E-state index is 14.5. The Morgan fingerprint density at radius 1 is 1.03 bits per heavy atom. The van der Waals surface area contributed by atoms with Crippen LogP contribution in [0.25, 0.3) is 44.4 Å². The molecule has 5 aromatic rings. The minimum Gasteiger partial charge on any atom is -0.354 e. The normalized spacial score (nSPS) is 10.9. The maximum Gasteiger partial charge on any atom is 0.319 e. The van der Waals surface area contributed by atoms with Crippen molar-refractivity contribution in [2.45, 2.75) is 0 Å². The quantitative estimate of drug-likeness (QED) is 0.252. The molecule has 0 aliphatic carbocycles. The van der Waals surface area contributed by atoms with Gasteiger partial charge in [-0.3, -0.25) is 4.79 Å². The van der Waals surface area contributed by atoms with Gasteiger partial charge in [0.15, 0.2) is 0 Å². The van der Waals surface area contributed by atoms with Crippen LogP contribution in [0, 0.1) is 27.9 Å². The zero-order valence-electron chi connectivity index (χ0n) is 17.6. The van der Waals surface area contributed by atoms with Gasteiger partial charge in [0, 0.05) is 37.8 Å². The summed E-state index contributed by atoms with van der Waals surface area (Å²) >= 11 is 7.61. The largest absolute Gasteiger partial charge is 0.354 e. The molecule has 2 heterocycles. The van der Waals surface area contributed by atoms with Crippen LogP contribution in [0.5, 0.6) is 0 Å². The van der Waals surface area contributed by atoms with Gasteiger partial charge in [0.05, 0.1) is 11.3 Å². The molecule has 0 atom stereocenters. The number of hydrogen-bond donors (Lipinski definition) is 1. The van der Waals surface area contributed by atoms with Crippen molar-refractivity contribution >= 4 is 39.7 Å². The summed E-state index contributed by atoms with van der Waals surface area (Å²) in [7, 11) is 0. The van der Waals surface area contributed by atoms with E-state index < -0.39 is 23.1 Å². The first-order valence-corrected chi connectivity index (χ1v) is 11.4. The predicted molar refractivity (Wildman–Crippen MR) is 132 cm³/mol. The van der Waals surface area contributed by atoms with Crippen molar-refractivity contribution in [1.82, 2.24) is 4.98 Å². The third-order valence-electron chi connectivity index (χ3n) is 5.63. The van der Waals surface area contributed by atoms with Gasteiger partial charge in [-0.25, -0.2) is 8.78 Å². The fraction of sp³-hybridized carbons (Fsp3) is 0. The number of hydrogen-bond acceptors (Lipinski definition) is 4. The van der Waals surface area contributed by atoms with Crippen LogP contribution < -0.4 is 0 Å². The van der Waals surface area contributed by atoms with Crippen molar-refractivity contribution in [3.63, 3.8) is 0 Å². The lowest BCUT2D eigenvalue weighted by atomic mass is 9.96. The van der Waals surface area contributed by atoms with Crippen LogP contribution in [0.3, 0.4) is 0 Å². The van der Waals surface area contributed by atoms with E-state index in [2.05, 4.69) is 16.2 Å². The van der Waals surface area contributed by atoms with Crippen molar-refractivity contribution in [3.8, 4) is 39.6 Å². The average molecular weight is 504 g/mol. The smallest absolute Gasteiger partial charge is 0.319 e. The molecule has 0 bridgehead atoms. The zero-order chi connectivity index (χ0) is 24.7. The maximum atomic E-state index is 14.5. The summed E-state index contributed by atoms with van der Waals surface area (Å²) < 4.78 is 28.7. The van der Waals surface area contributed by atoms with E-state index in [-0.39, 0.29) is 5.02 Å². The van der Waals surface area contributed by atoms with Crippen molar-refractivity contribution in [2.24, 2.45) is 5.18 Å². The summed E-state index contributed by atoms with van der Waals surface area (Å²) in [5.41, 5.74) is 3.71. The molecule has 0 saturated heterocycles. The molecule has 0 saturated carbocycles. The second kappa shape index (κ2) is 8.87. The molecule has 3 aromatic carbocycles. The minimum absolute atomic E-state index is 0.0686. The Morgan fingerprint density at radius 2 is 1.83 bits per heavy atom. The summed E-state index contributed by atoms with van der Waals surface area (Å²) in [5.74, 6) is -2.57. The highest BCUT2D eigenvalue weighted by Crippen LogP contribution is 2.42. The summed E-state index contributed by atoms with van der Waals surface area (Å²) in [5, 5.41) is 14.3. The summed E-state index contributed by atoms with van der Waals surface area (Å²) in [6.45, 7) is 0. The topological polar surface area (TPSA) is 86.1 Å². The summed E-state index contributed by atoms with van der Waals surface area (Å²) in [6, 6.07) is 17.6. The van der Waals surface area contributed by atoms with E-state index in [0.717, 1.165) is 12.1 Å². The minimum atomic E-state index is -1.25. The summed E-state index contributed by atoms with van der Waals surface area (Å²) in [6.07, 6.45) is 0. The number of H-pyrrole nitrogens is 1. The van der Waals surface area contributed by atoms with Crippen molar-refractivity contribution in [1.29, 1.82) is 5.26 Å². The van der Waals surface area contributed by atoms with Crippen LogP contribution in [0.2, 0.25) is 5.02 Å². The Hall–Kier alpha value is -4.19. The second-order valence-corrected chi connectivity index (χ2v) is 8.95. The van der Waals surface area contributed by atoms with Crippen molar-refractivity contribution in [2.75, 3.05) is 0 Å². The van der Waals surface area contributed by atoms with Gasteiger partial charge in [-0.2, -0.15) is 5.26 Å². The number of carbonyl (C=O) groups excluding carboxylic acids is 1. The van der Waals surface area contributed by atoms with Gasteiger partial charge >= 0.3 is 5.91 Å². The molecule has 0 radical (unpaired) electrons. The van der Waals surface area contributed by atoms with Crippen LogP contribution in [0.4, 0.5) is 8.78 Å². The molecule has 5 rings (SSSR count). The molecule has 1 amide bonds. The van der Waals surface area contributed by atoms with E-state index in [1.165, 1.54) is 23.5 Å². The molecular weight excluding hydrogens is 492 g/mol. The number of nitrogens with one attached hydrogen (secondary N) is 1. The highest BCUT2D eigenvalue weighted by molar-refractivity contribution is 7.11. The number of benzene rings is 3. The number of fused-ring (bicyclic) bond motifs is 1. The van der Waals surface area contributed by atoms with Gasteiger partial charge in [-0.15, -0.1) is 16.2 Å². The number of rotatable bonds is 4. The number of halogens is 3. The number of aromatic amines is 1. The Labute approximate surface area is 206 Å². The molecule has 0 spiro atoms. The van der Waals surface area contributed by atoms with Gasteiger partial charge in [-0.1, -0.05) is 29.8 Å². The van der Waals surface area contributed by atoms with Gasteiger partial charge in [0.2, 0.25) is 0 Å². The predicted octanol–water partition coefficient (Wildman–Crippen LogP) is 7.94. The Balaban J connectivity index is 1.72.